The lowest BCUT2D eigenvalue weighted by molar-refractivity contribution is -0.117. The van der Waals surface area contributed by atoms with Gasteiger partial charge in [-0.05, 0) is 0 Å². The van der Waals surface area contributed by atoms with Crippen LogP contribution in [0.2, 0.25) is 0 Å². The summed E-state index contributed by atoms with van der Waals surface area (Å²) in [5.41, 5.74) is 0. The maximum Gasteiger partial charge on any atom is 0.158 e. The van der Waals surface area contributed by atoms with Crippen LogP contribution in [0.5, 0.6) is 0 Å². The summed E-state index contributed by atoms with van der Waals surface area (Å²) >= 11 is 0. The third-order valence-corrected chi connectivity index (χ3v) is 0.910. The van der Waals surface area contributed by atoms with Gasteiger partial charge < -0.3 is 5.32 Å². The molecule has 0 aliphatic rings. The summed E-state index contributed by atoms with van der Waals surface area (Å²) in [6.45, 7) is 4.48. The van der Waals surface area contributed by atoms with E-state index in [4.69, 9.17) is 6.42 Å². The standard InChI is InChI=1S/C8H11NO/c1-3-5-8(10)7-9-6-4-2/h1,4,9H,2,5-7H2. The Morgan fingerprint density at radius 2 is 2.50 bits per heavy atom. The Morgan fingerprint density at radius 1 is 1.80 bits per heavy atom. The summed E-state index contributed by atoms with van der Waals surface area (Å²) in [5, 5.41) is 2.86. The minimum atomic E-state index is 0.0457. The average molecular weight is 137 g/mol. The number of hydrogen-bond acceptors (Lipinski definition) is 2. The van der Waals surface area contributed by atoms with E-state index in [2.05, 4.69) is 17.8 Å². The number of carbonyl (C=O) groups is 1. The molecule has 0 saturated carbocycles. The van der Waals surface area contributed by atoms with Crippen molar-refractivity contribution in [1.82, 2.24) is 5.32 Å². The topological polar surface area (TPSA) is 29.1 Å². The van der Waals surface area contributed by atoms with Gasteiger partial charge in [0.1, 0.15) is 0 Å². The van der Waals surface area contributed by atoms with E-state index in [1.165, 1.54) is 0 Å². The first kappa shape index (κ1) is 8.93. The smallest absolute Gasteiger partial charge is 0.158 e. The minimum absolute atomic E-state index is 0.0457. The van der Waals surface area contributed by atoms with Crippen molar-refractivity contribution in [1.29, 1.82) is 0 Å². The van der Waals surface area contributed by atoms with E-state index in [0.717, 1.165) is 0 Å². The van der Waals surface area contributed by atoms with Gasteiger partial charge in [-0.15, -0.1) is 13.0 Å². The van der Waals surface area contributed by atoms with E-state index < -0.39 is 0 Å². The van der Waals surface area contributed by atoms with Gasteiger partial charge in [-0.25, -0.2) is 0 Å². The fraction of sp³-hybridized carbons (Fsp3) is 0.375. The number of ketones is 1. The highest BCUT2D eigenvalue weighted by Crippen LogP contribution is 1.76. The predicted molar refractivity (Wildman–Crippen MR) is 41.5 cm³/mol. The maximum absolute atomic E-state index is 10.7. The van der Waals surface area contributed by atoms with Crippen molar-refractivity contribution in [2.24, 2.45) is 0 Å². The van der Waals surface area contributed by atoms with Crippen molar-refractivity contribution >= 4 is 5.78 Å². The van der Waals surface area contributed by atoms with Crippen LogP contribution in [0.4, 0.5) is 0 Å². The number of Topliss-reactive ketones (excluding diaryl/α,β-unsaturated/α-hetero) is 1. The molecule has 0 aromatic carbocycles. The van der Waals surface area contributed by atoms with Crippen molar-refractivity contribution in [3.05, 3.63) is 12.7 Å². The highest BCUT2D eigenvalue weighted by Gasteiger charge is 1.95. The summed E-state index contributed by atoms with van der Waals surface area (Å²) in [6.07, 6.45) is 6.82. The zero-order valence-corrected chi connectivity index (χ0v) is 5.89. The molecule has 0 bridgehead atoms. The van der Waals surface area contributed by atoms with Crippen LogP contribution in [0.25, 0.3) is 0 Å². The molecule has 0 aromatic heterocycles. The lowest BCUT2D eigenvalue weighted by atomic mass is 10.3. The molecular formula is C8H11NO. The van der Waals surface area contributed by atoms with Gasteiger partial charge in [-0.3, -0.25) is 4.79 Å². The Balaban J connectivity index is 3.23. The summed E-state index contributed by atoms with van der Waals surface area (Å²) in [5.74, 6) is 2.32. The highest BCUT2D eigenvalue weighted by atomic mass is 16.1. The normalized spacial score (nSPS) is 8.30. The van der Waals surface area contributed by atoms with E-state index in [1.807, 2.05) is 0 Å². The third kappa shape index (κ3) is 5.07. The molecule has 0 aliphatic carbocycles. The number of rotatable bonds is 5. The second-order valence-corrected chi connectivity index (χ2v) is 1.84. The van der Waals surface area contributed by atoms with E-state index in [-0.39, 0.29) is 12.2 Å². The van der Waals surface area contributed by atoms with Crippen LogP contribution in [-0.4, -0.2) is 18.9 Å². The van der Waals surface area contributed by atoms with Crippen molar-refractivity contribution in [2.45, 2.75) is 6.42 Å². The monoisotopic (exact) mass is 137 g/mol. The van der Waals surface area contributed by atoms with Gasteiger partial charge in [0.2, 0.25) is 0 Å². The molecule has 54 valence electrons. The molecule has 2 nitrogen and oxygen atoms in total. The summed E-state index contributed by atoms with van der Waals surface area (Å²) < 4.78 is 0. The first-order valence-electron chi connectivity index (χ1n) is 3.08. The fourth-order valence-corrected chi connectivity index (χ4v) is 0.490. The van der Waals surface area contributed by atoms with Gasteiger partial charge in [-0.2, -0.15) is 0 Å². The zero-order chi connectivity index (χ0) is 7.82. The first-order chi connectivity index (χ1) is 4.81. The highest BCUT2D eigenvalue weighted by molar-refractivity contribution is 5.82. The molecule has 0 aliphatic heterocycles. The van der Waals surface area contributed by atoms with Crippen LogP contribution in [0.1, 0.15) is 6.42 Å². The van der Waals surface area contributed by atoms with Crippen molar-refractivity contribution in [2.75, 3.05) is 13.1 Å². The van der Waals surface area contributed by atoms with Gasteiger partial charge in [0.25, 0.3) is 0 Å². The Kier molecular flexibility index (Phi) is 5.41. The van der Waals surface area contributed by atoms with Crippen LogP contribution >= 0.6 is 0 Å². The minimum Gasteiger partial charge on any atom is -0.306 e. The molecule has 0 unspecified atom stereocenters. The Hall–Kier alpha value is -1.07. The second-order valence-electron chi connectivity index (χ2n) is 1.84. The molecule has 10 heavy (non-hydrogen) atoms. The van der Waals surface area contributed by atoms with Crippen LogP contribution in [0, 0.1) is 12.3 Å². The second kappa shape index (κ2) is 6.06. The lowest BCUT2D eigenvalue weighted by Gasteiger charge is -1.95. The Bertz CT molecular complexity index is 155. The SMILES string of the molecule is C#CCC(=O)CNCC=C. The molecule has 0 fully saturated rings. The van der Waals surface area contributed by atoms with Crippen molar-refractivity contribution < 1.29 is 4.79 Å². The molecule has 2 heteroatoms. The third-order valence-electron chi connectivity index (χ3n) is 0.910. The van der Waals surface area contributed by atoms with Gasteiger partial charge in [-0.1, -0.05) is 12.0 Å². The molecule has 0 rings (SSSR count). The average Bonchev–Trinajstić information content (AvgIpc) is 1.89. The van der Waals surface area contributed by atoms with Gasteiger partial charge in [0, 0.05) is 6.54 Å². The Morgan fingerprint density at radius 3 is 3.00 bits per heavy atom. The summed E-state index contributed by atoms with van der Waals surface area (Å²) in [7, 11) is 0. The van der Waals surface area contributed by atoms with E-state index in [1.54, 1.807) is 6.08 Å². The van der Waals surface area contributed by atoms with Gasteiger partial charge in [0.05, 0.1) is 13.0 Å². The molecule has 0 saturated heterocycles. The molecule has 0 radical (unpaired) electrons. The lowest BCUT2D eigenvalue weighted by Crippen LogP contribution is -2.22. The summed E-state index contributed by atoms with van der Waals surface area (Å²) in [6, 6.07) is 0. The molecule has 1 N–H and O–H groups in total. The van der Waals surface area contributed by atoms with Crippen LogP contribution in [0.15, 0.2) is 12.7 Å². The summed E-state index contributed by atoms with van der Waals surface area (Å²) in [4.78, 5) is 10.7. The molecule has 0 aromatic rings. The number of carbonyl (C=O) groups excluding carboxylic acids is 1. The molecule has 0 heterocycles. The van der Waals surface area contributed by atoms with E-state index in [9.17, 15) is 4.79 Å². The van der Waals surface area contributed by atoms with Crippen LogP contribution < -0.4 is 5.32 Å². The first-order valence-corrected chi connectivity index (χ1v) is 3.08. The number of terminal acetylenes is 1. The zero-order valence-electron chi connectivity index (χ0n) is 5.89. The quantitative estimate of drug-likeness (QED) is 0.336. The molecular weight excluding hydrogens is 126 g/mol. The molecule has 0 spiro atoms. The van der Waals surface area contributed by atoms with E-state index in [0.29, 0.717) is 13.1 Å². The van der Waals surface area contributed by atoms with Crippen molar-refractivity contribution in [3.8, 4) is 12.3 Å². The van der Waals surface area contributed by atoms with Crippen LogP contribution in [0.3, 0.4) is 0 Å². The molecule has 0 amide bonds. The van der Waals surface area contributed by atoms with Crippen LogP contribution in [-0.2, 0) is 4.79 Å². The van der Waals surface area contributed by atoms with Gasteiger partial charge in [0.15, 0.2) is 5.78 Å². The number of hydrogen-bond donors (Lipinski definition) is 1. The van der Waals surface area contributed by atoms with Gasteiger partial charge >= 0.3 is 0 Å². The fourth-order valence-electron chi connectivity index (χ4n) is 0.490. The molecule has 0 atom stereocenters. The predicted octanol–water partition coefficient (Wildman–Crippen LogP) is 0.354. The Labute approximate surface area is 61.3 Å². The largest absolute Gasteiger partial charge is 0.306 e. The van der Waals surface area contributed by atoms with E-state index >= 15 is 0 Å². The van der Waals surface area contributed by atoms with Crippen molar-refractivity contribution in [3.63, 3.8) is 0 Å². The number of nitrogens with one attached hydrogen (secondary N) is 1. The maximum atomic E-state index is 10.7.